The molecule has 0 N–H and O–H groups in total. The highest BCUT2D eigenvalue weighted by Gasteiger charge is 2.25. The van der Waals surface area contributed by atoms with Gasteiger partial charge in [-0.15, -0.1) is 0 Å². The summed E-state index contributed by atoms with van der Waals surface area (Å²) in [5.41, 5.74) is 0. The highest BCUT2D eigenvalue weighted by molar-refractivity contribution is 5.70. The fourth-order valence-electron chi connectivity index (χ4n) is 4.83. The minimum absolute atomic E-state index is 0.0257. The molecule has 44 heavy (non-hydrogen) atoms. The van der Waals surface area contributed by atoms with E-state index in [1.54, 1.807) is 21.1 Å². The van der Waals surface area contributed by atoms with Gasteiger partial charge in [-0.1, -0.05) is 109 Å². The molecule has 0 heterocycles. The summed E-state index contributed by atoms with van der Waals surface area (Å²) >= 11 is 0. The molecular weight excluding hydrogens is 558 g/mol. The van der Waals surface area contributed by atoms with E-state index in [9.17, 15) is 19.5 Å². The summed E-state index contributed by atoms with van der Waals surface area (Å²) in [7, 11) is 5.37. The van der Waals surface area contributed by atoms with Crippen LogP contribution in [0.15, 0.2) is 24.3 Å². The van der Waals surface area contributed by atoms with Crippen LogP contribution in [0.4, 0.5) is 0 Å². The Bertz CT molecular complexity index is 788. The third-order valence-electron chi connectivity index (χ3n) is 7.60. The minimum atomic E-state index is -1.13. The summed E-state index contributed by atoms with van der Waals surface area (Å²) in [6.45, 7) is 4.52. The van der Waals surface area contributed by atoms with Crippen molar-refractivity contribution in [2.75, 3.05) is 41.0 Å². The number of hydrogen-bond acceptors (Lipinski definition) is 7. The molecule has 8 heteroatoms. The van der Waals surface area contributed by atoms with E-state index in [1.807, 2.05) is 6.08 Å². The largest absolute Gasteiger partial charge is 0.544 e. The molecule has 0 bridgehead atoms. The van der Waals surface area contributed by atoms with Crippen molar-refractivity contribution in [3.05, 3.63) is 24.3 Å². The molecule has 0 aliphatic heterocycles. The third kappa shape index (κ3) is 26.2. The number of carboxylic acids is 1. The highest BCUT2D eigenvalue weighted by Crippen LogP contribution is 2.12. The van der Waals surface area contributed by atoms with Gasteiger partial charge in [0.2, 0.25) is 0 Å². The number of aliphatic carboxylic acids is 1. The number of carbonyl (C=O) groups is 3. The number of carbonyl (C=O) groups excluding carboxylic acids is 3. The van der Waals surface area contributed by atoms with Gasteiger partial charge in [0.15, 0.2) is 6.10 Å². The van der Waals surface area contributed by atoms with Gasteiger partial charge in [0.25, 0.3) is 0 Å². The number of hydrogen-bond donors (Lipinski definition) is 0. The Hall–Kier alpha value is -2.19. The van der Waals surface area contributed by atoms with Crippen LogP contribution < -0.4 is 5.11 Å². The number of esters is 2. The first-order valence-electron chi connectivity index (χ1n) is 17.4. The molecule has 0 aromatic rings. The average Bonchev–Trinajstić information content (AvgIpc) is 2.96. The molecule has 2 atom stereocenters. The van der Waals surface area contributed by atoms with Gasteiger partial charge in [0.05, 0.1) is 40.3 Å². The highest BCUT2D eigenvalue weighted by atomic mass is 16.6. The van der Waals surface area contributed by atoms with Crippen LogP contribution in [0.5, 0.6) is 0 Å². The summed E-state index contributed by atoms with van der Waals surface area (Å²) < 4.78 is 16.9. The molecule has 0 spiro atoms. The van der Waals surface area contributed by atoms with Gasteiger partial charge in [-0.25, -0.2) is 0 Å². The quantitative estimate of drug-likeness (QED) is 0.0373. The van der Waals surface area contributed by atoms with Crippen molar-refractivity contribution in [2.45, 2.75) is 148 Å². The number of ether oxygens (including phenoxy) is 3. The van der Waals surface area contributed by atoms with E-state index in [0.29, 0.717) is 12.8 Å². The first-order chi connectivity index (χ1) is 21.1. The Morgan fingerprint density at radius 2 is 1.25 bits per heavy atom. The maximum atomic E-state index is 12.5. The van der Waals surface area contributed by atoms with E-state index in [2.05, 4.69) is 32.1 Å². The van der Waals surface area contributed by atoms with Crippen LogP contribution in [-0.4, -0.2) is 75.5 Å². The summed E-state index contributed by atoms with van der Waals surface area (Å²) in [4.78, 5) is 36.3. The summed E-state index contributed by atoms with van der Waals surface area (Å²) in [6, 6.07) is -0.727. The topological polar surface area (TPSA) is 102 Å². The van der Waals surface area contributed by atoms with E-state index in [0.717, 1.165) is 32.1 Å². The molecule has 0 saturated carbocycles. The van der Waals surface area contributed by atoms with Gasteiger partial charge in [-0.05, 0) is 32.1 Å². The van der Waals surface area contributed by atoms with Crippen molar-refractivity contribution in [3.63, 3.8) is 0 Å². The van der Waals surface area contributed by atoms with E-state index in [1.165, 1.54) is 64.2 Å². The number of unbranched alkanes of at least 4 members (excludes halogenated alkanes) is 12. The SMILES string of the molecule is CCCCCCCC/C=C/C/C=C/CCC(=O)OCC(COCCC(C(=O)[O-])[N+](C)(C)C)OC(=O)CCCCCCCCC. The summed E-state index contributed by atoms with van der Waals surface area (Å²) in [5, 5.41) is 11.5. The standard InChI is InChI=1S/C36H65NO7/c1-6-8-10-12-14-15-16-17-18-19-21-22-24-26-34(38)43-31-32(30-42-29-28-33(36(40)41)37(3,4)5)44-35(39)27-25-23-20-13-11-9-7-2/h17-18,21-22,32-33H,6-16,19-20,23-31H2,1-5H3/b18-17+,22-21+. The number of rotatable bonds is 30. The van der Waals surface area contributed by atoms with Crippen LogP contribution in [0.25, 0.3) is 0 Å². The maximum absolute atomic E-state index is 12.5. The van der Waals surface area contributed by atoms with Gasteiger partial charge >= 0.3 is 11.9 Å². The van der Waals surface area contributed by atoms with Crippen LogP contribution in [-0.2, 0) is 28.6 Å². The van der Waals surface area contributed by atoms with E-state index < -0.39 is 18.1 Å². The lowest BCUT2D eigenvalue weighted by molar-refractivity contribution is -0.889. The smallest absolute Gasteiger partial charge is 0.306 e. The monoisotopic (exact) mass is 623 g/mol. The van der Waals surface area contributed by atoms with Gasteiger partial charge in [-0.2, -0.15) is 0 Å². The molecule has 8 nitrogen and oxygen atoms in total. The lowest BCUT2D eigenvalue weighted by atomic mass is 10.1. The molecule has 0 aromatic carbocycles. The lowest BCUT2D eigenvalue weighted by Crippen LogP contribution is -2.55. The Labute approximate surface area is 269 Å². The fourth-order valence-corrected chi connectivity index (χ4v) is 4.83. The molecule has 0 aliphatic carbocycles. The minimum Gasteiger partial charge on any atom is -0.544 e. The molecule has 256 valence electrons. The molecule has 0 aromatic heterocycles. The molecular formula is C36H65NO7. The van der Waals surface area contributed by atoms with Crippen LogP contribution in [0.1, 0.15) is 136 Å². The Morgan fingerprint density at radius 1 is 0.682 bits per heavy atom. The number of nitrogens with zero attached hydrogens (tertiary/aromatic N) is 1. The first kappa shape index (κ1) is 41.8. The Kier molecular flexibility index (Phi) is 26.9. The lowest BCUT2D eigenvalue weighted by Gasteiger charge is -2.34. The second kappa shape index (κ2) is 28.3. The van der Waals surface area contributed by atoms with Crippen molar-refractivity contribution >= 4 is 17.9 Å². The third-order valence-corrected chi connectivity index (χ3v) is 7.60. The second-order valence-electron chi connectivity index (χ2n) is 12.8. The van der Waals surface area contributed by atoms with Crippen molar-refractivity contribution < 1.29 is 38.2 Å². The van der Waals surface area contributed by atoms with Crippen molar-refractivity contribution in [1.29, 1.82) is 0 Å². The number of allylic oxidation sites excluding steroid dienone is 4. The zero-order valence-corrected chi connectivity index (χ0v) is 28.8. The van der Waals surface area contributed by atoms with Crippen LogP contribution in [0.2, 0.25) is 0 Å². The average molecular weight is 624 g/mol. The summed E-state index contributed by atoms with van der Waals surface area (Å²) in [5.74, 6) is -1.83. The van der Waals surface area contributed by atoms with Gasteiger partial charge < -0.3 is 28.6 Å². The zero-order valence-electron chi connectivity index (χ0n) is 28.8. The predicted octanol–water partition coefficient (Wildman–Crippen LogP) is 6.85. The van der Waals surface area contributed by atoms with Crippen molar-refractivity contribution in [1.82, 2.24) is 0 Å². The second-order valence-corrected chi connectivity index (χ2v) is 12.8. The number of likely N-dealkylation sites (N-methyl/N-ethyl adjacent to an activating group) is 1. The van der Waals surface area contributed by atoms with E-state index in [-0.39, 0.29) is 49.1 Å². The Balaban J connectivity index is 4.51. The summed E-state index contributed by atoms with van der Waals surface area (Å²) in [6.07, 6.45) is 26.6. The molecule has 0 aliphatic rings. The maximum Gasteiger partial charge on any atom is 0.306 e. The molecule has 0 saturated heterocycles. The van der Waals surface area contributed by atoms with Crippen molar-refractivity contribution in [3.8, 4) is 0 Å². The van der Waals surface area contributed by atoms with Gasteiger partial charge in [0.1, 0.15) is 12.6 Å². The molecule has 0 amide bonds. The van der Waals surface area contributed by atoms with E-state index in [4.69, 9.17) is 14.2 Å². The van der Waals surface area contributed by atoms with Crippen LogP contribution in [0.3, 0.4) is 0 Å². The molecule has 0 rings (SSSR count). The zero-order chi connectivity index (χ0) is 32.9. The predicted molar refractivity (Wildman–Crippen MR) is 176 cm³/mol. The molecule has 0 fully saturated rings. The Morgan fingerprint density at radius 3 is 1.84 bits per heavy atom. The van der Waals surface area contributed by atoms with Crippen LogP contribution >= 0.6 is 0 Å². The van der Waals surface area contributed by atoms with Gasteiger partial charge in [0, 0.05) is 19.3 Å². The van der Waals surface area contributed by atoms with Crippen LogP contribution in [0, 0.1) is 0 Å². The van der Waals surface area contributed by atoms with E-state index >= 15 is 0 Å². The fraction of sp³-hybridized carbons (Fsp3) is 0.806. The number of quaternary nitrogens is 1. The van der Waals surface area contributed by atoms with Crippen molar-refractivity contribution in [2.24, 2.45) is 0 Å². The molecule has 0 radical (unpaired) electrons. The number of carboxylic acid groups (broad SMARTS) is 1. The normalized spacial score (nSPS) is 13.4. The van der Waals surface area contributed by atoms with Gasteiger partial charge in [-0.3, -0.25) is 9.59 Å². The first-order valence-corrected chi connectivity index (χ1v) is 17.4. The molecule has 2 unspecified atom stereocenters.